The van der Waals surface area contributed by atoms with Crippen LogP contribution in [0.15, 0.2) is 84.9 Å². The molecule has 0 N–H and O–H groups in total. The van der Waals surface area contributed by atoms with E-state index in [1.165, 1.54) is 0 Å². The molecule has 1 amide bonds. The summed E-state index contributed by atoms with van der Waals surface area (Å²) in [6, 6.07) is 28.1. The third-order valence-corrected chi connectivity index (χ3v) is 5.06. The molecule has 25 heavy (non-hydrogen) atoms. The highest BCUT2D eigenvalue weighted by Gasteiger charge is 2.52. The van der Waals surface area contributed by atoms with Crippen LogP contribution in [0.3, 0.4) is 0 Å². The molecule has 0 atom stereocenters. The number of halogens is 1. The fraction of sp³-hybridized carbons (Fsp3) is 0.136. The average molecular weight is 348 g/mol. The van der Waals surface area contributed by atoms with Gasteiger partial charge in [-0.3, -0.25) is 4.79 Å². The van der Waals surface area contributed by atoms with Crippen LogP contribution in [0.25, 0.3) is 0 Å². The van der Waals surface area contributed by atoms with Gasteiger partial charge in [-0.2, -0.15) is 0 Å². The summed E-state index contributed by atoms with van der Waals surface area (Å²) < 4.78 is 0. The molecule has 0 saturated heterocycles. The van der Waals surface area contributed by atoms with E-state index in [2.05, 4.69) is 6.07 Å². The van der Waals surface area contributed by atoms with Crippen LogP contribution in [-0.4, -0.2) is 18.3 Å². The number of rotatable bonds is 4. The predicted octanol–water partition coefficient (Wildman–Crippen LogP) is 4.61. The number of hydrogen-bond acceptors (Lipinski definition) is 1. The zero-order valence-electron chi connectivity index (χ0n) is 13.7. The lowest BCUT2D eigenvalue weighted by molar-refractivity contribution is -0.120. The lowest BCUT2D eigenvalue weighted by atomic mass is 9.70. The summed E-state index contributed by atoms with van der Waals surface area (Å²) in [6.45, 7) is 0.499. The van der Waals surface area contributed by atoms with E-state index in [-0.39, 0.29) is 5.91 Å². The summed E-state index contributed by atoms with van der Waals surface area (Å²) >= 11 is 6.00. The fourth-order valence-corrected chi connectivity index (χ4v) is 4.03. The van der Waals surface area contributed by atoms with Gasteiger partial charge in [0.05, 0.1) is 0 Å². The maximum Gasteiger partial charge on any atom is 0.246 e. The molecule has 0 bridgehead atoms. The van der Waals surface area contributed by atoms with Gasteiger partial charge in [-0.15, -0.1) is 11.6 Å². The van der Waals surface area contributed by atoms with Crippen molar-refractivity contribution >= 4 is 23.2 Å². The van der Waals surface area contributed by atoms with Crippen LogP contribution in [0.2, 0.25) is 0 Å². The minimum absolute atomic E-state index is 0.0618. The van der Waals surface area contributed by atoms with Crippen molar-refractivity contribution in [1.29, 1.82) is 0 Å². The van der Waals surface area contributed by atoms with Gasteiger partial charge in [0.1, 0.15) is 5.41 Å². The maximum atomic E-state index is 13.7. The Hall–Kier alpha value is -2.58. The molecule has 3 heteroatoms. The van der Waals surface area contributed by atoms with Crippen LogP contribution < -0.4 is 4.90 Å². The molecule has 1 heterocycles. The number of nitrogens with zero attached hydrogens (tertiary/aromatic N) is 1. The molecule has 124 valence electrons. The van der Waals surface area contributed by atoms with Gasteiger partial charge in [0, 0.05) is 23.7 Å². The highest BCUT2D eigenvalue weighted by molar-refractivity contribution is 6.19. The molecule has 0 fully saturated rings. The monoisotopic (exact) mass is 347 g/mol. The lowest BCUT2D eigenvalue weighted by Crippen LogP contribution is -2.42. The van der Waals surface area contributed by atoms with Gasteiger partial charge in [-0.25, -0.2) is 0 Å². The summed E-state index contributed by atoms with van der Waals surface area (Å²) in [5, 5.41) is 0. The Bertz CT molecular complexity index is 853. The molecule has 0 aromatic heterocycles. The molecular weight excluding hydrogens is 330 g/mol. The molecule has 1 aliphatic rings. The Balaban J connectivity index is 2.07. The zero-order valence-corrected chi connectivity index (χ0v) is 14.5. The van der Waals surface area contributed by atoms with E-state index in [1.807, 2.05) is 83.8 Å². The van der Waals surface area contributed by atoms with Gasteiger partial charge in [0.15, 0.2) is 0 Å². The van der Waals surface area contributed by atoms with Crippen LogP contribution in [0.5, 0.6) is 0 Å². The Morgan fingerprint density at radius 3 is 1.84 bits per heavy atom. The van der Waals surface area contributed by atoms with Gasteiger partial charge in [0.25, 0.3) is 0 Å². The number of carbonyl (C=O) groups excluding carboxylic acids is 1. The molecule has 0 saturated carbocycles. The second kappa shape index (κ2) is 6.38. The molecule has 3 aromatic carbocycles. The summed E-state index contributed by atoms with van der Waals surface area (Å²) in [6.07, 6.45) is 0. The second-order valence-corrected chi connectivity index (χ2v) is 6.52. The van der Waals surface area contributed by atoms with Crippen LogP contribution in [0.1, 0.15) is 16.7 Å². The first-order valence-corrected chi connectivity index (χ1v) is 8.92. The molecule has 1 aliphatic heterocycles. The molecule has 4 rings (SSSR count). The van der Waals surface area contributed by atoms with E-state index in [1.54, 1.807) is 0 Å². The molecule has 0 spiro atoms. The quantitative estimate of drug-likeness (QED) is 0.631. The summed E-state index contributed by atoms with van der Waals surface area (Å²) in [7, 11) is 0. The normalized spacial score (nSPS) is 15.2. The van der Waals surface area contributed by atoms with Crippen LogP contribution in [0.4, 0.5) is 5.69 Å². The molecule has 0 unspecified atom stereocenters. The van der Waals surface area contributed by atoms with Crippen LogP contribution in [0, 0.1) is 0 Å². The first-order chi connectivity index (χ1) is 12.3. The van der Waals surface area contributed by atoms with Crippen molar-refractivity contribution in [2.24, 2.45) is 0 Å². The number of hydrogen-bond donors (Lipinski definition) is 0. The topological polar surface area (TPSA) is 20.3 Å². The smallest absolute Gasteiger partial charge is 0.246 e. The van der Waals surface area contributed by atoms with Crippen molar-refractivity contribution in [3.8, 4) is 0 Å². The van der Waals surface area contributed by atoms with Crippen molar-refractivity contribution in [3.63, 3.8) is 0 Å². The Labute approximate surface area is 152 Å². The second-order valence-electron chi connectivity index (χ2n) is 6.14. The third kappa shape index (κ3) is 2.29. The van der Waals surface area contributed by atoms with Crippen molar-refractivity contribution in [2.45, 2.75) is 5.41 Å². The molecule has 2 nitrogen and oxygen atoms in total. The zero-order chi connectivity index (χ0) is 17.3. The molecular formula is C22H18ClNO. The Morgan fingerprint density at radius 1 is 0.760 bits per heavy atom. The van der Waals surface area contributed by atoms with Gasteiger partial charge in [-0.05, 0) is 17.2 Å². The number of anilines is 1. The molecule has 3 aromatic rings. The first kappa shape index (κ1) is 15.9. The van der Waals surface area contributed by atoms with Gasteiger partial charge >= 0.3 is 0 Å². The van der Waals surface area contributed by atoms with Crippen molar-refractivity contribution in [2.75, 3.05) is 17.3 Å². The van der Waals surface area contributed by atoms with Gasteiger partial charge in [0.2, 0.25) is 5.91 Å². The number of fused-ring (bicyclic) bond motifs is 1. The fourth-order valence-electron chi connectivity index (χ4n) is 3.86. The number of para-hydroxylation sites is 1. The Morgan fingerprint density at radius 2 is 1.28 bits per heavy atom. The molecule has 0 radical (unpaired) electrons. The summed E-state index contributed by atoms with van der Waals surface area (Å²) in [4.78, 5) is 15.6. The van der Waals surface area contributed by atoms with Crippen LogP contribution >= 0.6 is 11.6 Å². The van der Waals surface area contributed by atoms with Gasteiger partial charge in [-0.1, -0.05) is 78.9 Å². The van der Waals surface area contributed by atoms with Gasteiger partial charge < -0.3 is 4.90 Å². The SMILES string of the molecule is O=C1N(CCCl)c2ccccc2C1(c1ccccc1)c1ccccc1. The van der Waals surface area contributed by atoms with Crippen molar-refractivity contribution in [3.05, 3.63) is 102 Å². The first-order valence-electron chi connectivity index (χ1n) is 8.38. The highest BCUT2D eigenvalue weighted by Crippen LogP contribution is 2.50. The standard InChI is InChI=1S/C22H18ClNO/c23-15-16-24-20-14-8-7-13-19(20)22(21(24)25,17-9-3-1-4-10-17)18-11-5-2-6-12-18/h1-14H,15-16H2. The molecule has 0 aliphatic carbocycles. The van der Waals surface area contributed by atoms with E-state index in [9.17, 15) is 4.79 Å². The van der Waals surface area contributed by atoms with E-state index in [0.717, 1.165) is 22.4 Å². The summed E-state index contributed by atoms with van der Waals surface area (Å²) in [5.74, 6) is 0.464. The predicted molar refractivity (Wildman–Crippen MR) is 102 cm³/mol. The number of alkyl halides is 1. The Kier molecular flexibility index (Phi) is 4.06. The highest BCUT2D eigenvalue weighted by atomic mass is 35.5. The minimum atomic E-state index is -0.828. The lowest BCUT2D eigenvalue weighted by Gasteiger charge is -2.30. The van der Waals surface area contributed by atoms with Crippen molar-refractivity contribution in [1.82, 2.24) is 0 Å². The number of amides is 1. The van der Waals surface area contributed by atoms with Crippen LogP contribution in [-0.2, 0) is 10.2 Å². The van der Waals surface area contributed by atoms with Crippen molar-refractivity contribution < 1.29 is 4.79 Å². The minimum Gasteiger partial charge on any atom is -0.310 e. The average Bonchev–Trinajstić information content (AvgIpc) is 2.93. The maximum absolute atomic E-state index is 13.7. The number of carbonyl (C=O) groups is 1. The van der Waals surface area contributed by atoms with E-state index >= 15 is 0 Å². The third-order valence-electron chi connectivity index (χ3n) is 4.89. The largest absolute Gasteiger partial charge is 0.310 e. The van der Waals surface area contributed by atoms with E-state index < -0.39 is 5.41 Å². The van der Waals surface area contributed by atoms with E-state index in [0.29, 0.717) is 12.4 Å². The number of benzene rings is 3. The summed E-state index contributed by atoms with van der Waals surface area (Å²) in [5.41, 5.74) is 3.10. The van der Waals surface area contributed by atoms with E-state index in [4.69, 9.17) is 11.6 Å².